The quantitative estimate of drug-likeness (QED) is 0.480. The number of hydrogen-bond donors (Lipinski definition) is 1. The molecule has 5 nitrogen and oxygen atoms in total. The van der Waals surface area contributed by atoms with Crippen LogP contribution >= 0.6 is 11.3 Å². The Labute approximate surface area is 168 Å². The molecule has 4 aromatic rings. The SMILES string of the molecule is COc1ccc(-c2nc(Nc3ccc(-c4ccccc4)nn3)sc2C)cc1C. The average Bonchev–Trinajstić information content (AvgIpc) is 3.09. The van der Waals surface area contributed by atoms with Crippen LogP contribution in [0.3, 0.4) is 0 Å². The third kappa shape index (κ3) is 3.73. The van der Waals surface area contributed by atoms with Gasteiger partial charge >= 0.3 is 0 Å². The zero-order chi connectivity index (χ0) is 19.5. The number of nitrogens with one attached hydrogen (secondary N) is 1. The van der Waals surface area contributed by atoms with Gasteiger partial charge in [0.05, 0.1) is 18.5 Å². The summed E-state index contributed by atoms with van der Waals surface area (Å²) in [7, 11) is 1.68. The molecular formula is C22H20N4OS. The number of aromatic nitrogens is 3. The van der Waals surface area contributed by atoms with E-state index in [1.807, 2.05) is 61.5 Å². The number of thiazole rings is 1. The maximum absolute atomic E-state index is 5.35. The minimum atomic E-state index is 0.672. The summed E-state index contributed by atoms with van der Waals surface area (Å²) in [6.07, 6.45) is 0. The van der Waals surface area contributed by atoms with E-state index in [0.29, 0.717) is 5.82 Å². The zero-order valence-corrected chi connectivity index (χ0v) is 16.7. The van der Waals surface area contributed by atoms with Gasteiger partial charge in [-0.2, -0.15) is 0 Å². The molecule has 0 saturated carbocycles. The Bertz CT molecular complexity index is 1090. The van der Waals surface area contributed by atoms with Gasteiger partial charge in [-0.1, -0.05) is 30.3 Å². The van der Waals surface area contributed by atoms with Gasteiger partial charge < -0.3 is 10.1 Å². The normalized spacial score (nSPS) is 10.7. The lowest BCUT2D eigenvalue weighted by Gasteiger charge is -2.06. The van der Waals surface area contributed by atoms with Gasteiger partial charge in [0.25, 0.3) is 0 Å². The maximum Gasteiger partial charge on any atom is 0.189 e. The number of rotatable bonds is 5. The standard InChI is InChI=1S/C22H20N4OS/c1-14-13-17(9-11-19(14)27-3)21-15(2)28-22(24-21)23-20-12-10-18(25-26-20)16-7-5-4-6-8-16/h4-13H,1-3H3,(H,23,24,26). The van der Waals surface area contributed by atoms with E-state index in [0.717, 1.165) is 43.8 Å². The van der Waals surface area contributed by atoms with Gasteiger partial charge in [-0.05, 0) is 49.7 Å². The fraction of sp³-hybridized carbons (Fsp3) is 0.136. The lowest BCUT2D eigenvalue weighted by Crippen LogP contribution is -1.96. The van der Waals surface area contributed by atoms with Crippen LogP contribution in [0.5, 0.6) is 5.75 Å². The number of nitrogens with zero attached hydrogens (tertiary/aromatic N) is 3. The second-order valence-electron chi connectivity index (χ2n) is 6.40. The molecule has 2 aromatic carbocycles. The lowest BCUT2D eigenvalue weighted by atomic mass is 10.1. The number of methoxy groups -OCH3 is 1. The van der Waals surface area contributed by atoms with Crippen LogP contribution in [0.15, 0.2) is 60.7 Å². The van der Waals surface area contributed by atoms with Crippen LogP contribution in [0.1, 0.15) is 10.4 Å². The summed E-state index contributed by atoms with van der Waals surface area (Å²) in [5.41, 5.74) is 5.02. The van der Waals surface area contributed by atoms with Crippen molar-refractivity contribution in [2.45, 2.75) is 13.8 Å². The predicted octanol–water partition coefficient (Wildman–Crippen LogP) is 5.64. The molecule has 0 radical (unpaired) electrons. The fourth-order valence-corrected chi connectivity index (χ4v) is 3.86. The van der Waals surface area contributed by atoms with Gasteiger partial charge in [0.2, 0.25) is 0 Å². The Hall–Kier alpha value is -3.25. The van der Waals surface area contributed by atoms with E-state index in [4.69, 9.17) is 9.72 Å². The molecule has 0 unspecified atom stereocenters. The van der Waals surface area contributed by atoms with Crippen LogP contribution in [0, 0.1) is 13.8 Å². The van der Waals surface area contributed by atoms with Crippen LogP contribution in [0.2, 0.25) is 0 Å². The van der Waals surface area contributed by atoms with Crippen molar-refractivity contribution in [3.05, 3.63) is 71.1 Å². The molecule has 0 spiro atoms. The third-order valence-electron chi connectivity index (χ3n) is 4.43. The summed E-state index contributed by atoms with van der Waals surface area (Å²) >= 11 is 1.60. The highest BCUT2D eigenvalue weighted by Crippen LogP contribution is 2.33. The zero-order valence-electron chi connectivity index (χ0n) is 15.9. The minimum absolute atomic E-state index is 0.672. The van der Waals surface area contributed by atoms with Gasteiger partial charge in [0.1, 0.15) is 5.75 Å². The van der Waals surface area contributed by atoms with Crippen molar-refractivity contribution in [1.82, 2.24) is 15.2 Å². The second kappa shape index (κ2) is 7.78. The molecule has 0 atom stereocenters. The minimum Gasteiger partial charge on any atom is -0.496 e. The first-order valence-corrected chi connectivity index (χ1v) is 9.74. The van der Waals surface area contributed by atoms with Crippen molar-refractivity contribution in [1.29, 1.82) is 0 Å². The highest BCUT2D eigenvalue weighted by molar-refractivity contribution is 7.16. The van der Waals surface area contributed by atoms with E-state index < -0.39 is 0 Å². The van der Waals surface area contributed by atoms with E-state index in [1.165, 1.54) is 0 Å². The summed E-state index contributed by atoms with van der Waals surface area (Å²) in [5.74, 6) is 1.55. The summed E-state index contributed by atoms with van der Waals surface area (Å²) < 4.78 is 5.35. The molecule has 2 heterocycles. The van der Waals surface area contributed by atoms with E-state index in [-0.39, 0.29) is 0 Å². The molecule has 140 valence electrons. The number of aryl methyl sites for hydroxylation is 2. The molecule has 0 bridgehead atoms. The molecule has 2 aromatic heterocycles. The van der Waals surface area contributed by atoms with Crippen molar-refractivity contribution in [2.75, 3.05) is 12.4 Å². The molecule has 6 heteroatoms. The van der Waals surface area contributed by atoms with Gasteiger partial charge in [-0.15, -0.1) is 21.5 Å². The monoisotopic (exact) mass is 388 g/mol. The number of hydrogen-bond acceptors (Lipinski definition) is 6. The summed E-state index contributed by atoms with van der Waals surface area (Å²) in [4.78, 5) is 5.89. The average molecular weight is 388 g/mol. The summed E-state index contributed by atoms with van der Waals surface area (Å²) in [6.45, 7) is 4.11. The Kier molecular flexibility index (Phi) is 5.04. The van der Waals surface area contributed by atoms with Crippen molar-refractivity contribution in [3.8, 4) is 28.3 Å². The molecule has 0 fully saturated rings. The van der Waals surface area contributed by atoms with Gasteiger partial charge in [-0.25, -0.2) is 4.98 Å². The van der Waals surface area contributed by atoms with Crippen LogP contribution in [0.4, 0.5) is 10.9 Å². The Morgan fingerprint density at radius 2 is 1.71 bits per heavy atom. The first-order valence-electron chi connectivity index (χ1n) is 8.92. The van der Waals surface area contributed by atoms with E-state index >= 15 is 0 Å². The van der Waals surface area contributed by atoms with Crippen LogP contribution in [0.25, 0.3) is 22.5 Å². The first-order chi connectivity index (χ1) is 13.6. The number of benzene rings is 2. The lowest BCUT2D eigenvalue weighted by molar-refractivity contribution is 0.412. The summed E-state index contributed by atoms with van der Waals surface area (Å²) in [5, 5.41) is 12.7. The highest BCUT2D eigenvalue weighted by Gasteiger charge is 2.12. The molecule has 1 N–H and O–H groups in total. The van der Waals surface area contributed by atoms with Gasteiger partial charge in [0, 0.05) is 16.0 Å². The predicted molar refractivity (Wildman–Crippen MR) is 114 cm³/mol. The second-order valence-corrected chi connectivity index (χ2v) is 7.61. The van der Waals surface area contributed by atoms with Gasteiger partial charge in [0.15, 0.2) is 10.9 Å². The number of ether oxygens (including phenoxy) is 1. The van der Waals surface area contributed by atoms with E-state index in [2.05, 4.69) is 28.5 Å². The van der Waals surface area contributed by atoms with Crippen molar-refractivity contribution >= 4 is 22.3 Å². The van der Waals surface area contributed by atoms with Gasteiger partial charge in [-0.3, -0.25) is 0 Å². The molecule has 0 amide bonds. The first kappa shape index (κ1) is 18.1. The fourth-order valence-electron chi connectivity index (χ4n) is 3.01. The van der Waals surface area contributed by atoms with Crippen molar-refractivity contribution in [3.63, 3.8) is 0 Å². The van der Waals surface area contributed by atoms with Crippen LogP contribution in [-0.4, -0.2) is 22.3 Å². The van der Waals surface area contributed by atoms with Crippen LogP contribution in [-0.2, 0) is 0 Å². The number of anilines is 2. The van der Waals surface area contributed by atoms with E-state index in [9.17, 15) is 0 Å². The van der Waals surface area contributed by atoms with E-state index in [1.54, 1.807) is 18.4 Å². The molecule has 0 aliphatic heterocycles. The Balaban J connectivity index is 1.55. The highest BCUT2D eigenvalue weighted by atomic mass is 32.1. The summed E-state index contributed by atoms with van der Waals surface area (Å²) in [6, 6.07) is 20.0. The van der Waals surface area contributed by atoms with Crippen LogP contribution < -0.4 is 10.1 Å². The van der Waals surface area contributed by atoms with Crippen molar-refractivity contribution in [2.24, 2.45) is 0 Å². The maximum atomic E-state index is 5.35. The smallest absolute Gasteiger partial charge is 0.189 e. The third-order valence-corrected chi connectivity index (χ3v) is 5.32. The molecule has 0 aliphatic rings. The molecule has 4 rings (SSSR count). The Morgan fingerprint density at radius 3 is 2.39 bits per heavy atom. The largest absolute Gasteiger partial charge is 0.496 e. The topological polar surface area (TPSA) is 59.9 Å². The molecule has 0 aliphatic carbocycles. The molecule has 0 saturated heterocycles. The Morgan fingerprint density at radius 1 is 0.893 bits per heavy atom. The van der Waals surface area contributed by atoms with Crippen molar-refractivity contribution < 1.29 is 4.74 Å². The molecule has 28 heavy (non-hydrogen) atoms. The molecular weight excluding hydrogens is 368 g/mol.